The molecule has 1 aromatic carbocycles. The van der Waals surface area contributed by atoms with Crippen molar-refractivity contribution in [1.82, 2.24) is 4.90 Å². The van der Waals surface area contributed by atoms with Gasteiger partial charge in [0.2, 0.25) is 5.91 Å². The van der Waals surface area contributed by atoms with Crippen molar-refractivity contribution in [2.75, 3.05) is 18.4 Å². The van der Waals surface area contributed by atoms with E-state index < -0.39 is 17.1 Å². The molecule has 1 fully saturated rings. The Labute approximate surface area is 154 Å². The van der Waals surface area contributed by atoms with E-state index in [0.717, 1.165) is 0 Å². The molecule has 1 N–H and O–H groups in total. The number of nitrogens with zero attached hydrogens (tertiary/aromatic N) is 1. The summed E-state index contributed by atoms with van der Waals surface area (Å²) >= 11 is 0. The molecule has 1 unspecified atom stereocenters. The quantitative estimate of drug-likeness (QED) is 0.739. The molecule has 0 saturated carbocycles. The first-order valence-corrected chi connectivity index (χ1v) is 9.27. The molecule has 1 spiro atoms. The van der Waals surface area contributed by atoms with Crippen LogP contribution in [0.4, 0.5) is 14.9 Å². The molecule has 1 atom stereocenters. The van der Waals surface area contributed by atoms with Gasteiger partial charge in [-0.2, -0.15) is 0 Å². The van der Waals surface area contributed by atoms with Gasteiger partial charge >= 0.3 is 6.09 Å². The smallest absolute Gasteiger partial charge is 0.410 e. The molecule has 1 aromatic rings. The van der Waals surface area contributed by atoms with Gasteiger partial charge in [0.15, 0.2) is 0 Å². The third-order valence-electron chi connectivity index (χ3n) is 4.55. The van der Waals surface area contributed by atoms with Crippen molar-refractivity contribution in [1.29, 1.82) is 0 Å². The average molecular weight is 364 g/mol. The fourth-order valence-corrected chi connectivity index (χ4v) is 3.72. The molecule has 5 nitrogen and oxygen atoms in total. The van der Waals surface area contributed by atoms with E-state index >= 15 is 0 Å². The van der Waals surface area contributed by atoms with E-state index in [1.54, 1.807) is 17.0 Å². The fourth-order valence-electron chi connectivity index (χ4n) is 3.72. The van der Waals surface area contributed by atoms with Crippen LogP contribution in [-0.2, 0) is 14.9 Å². The number of fused-ring (bicyclic) bond motifs is 2. The third kappa shape index (κ3) is 4.17. The maximum atomic E-state index is 14.5. The topological polar surface area (TPSA) is 58.6 Å². The summed E-state index contributed by atoms with van der Waals surface area (Å²) in [6.07, 6.45) is 1.15. The summed E-state index contributed by atoms with van der Waals surface area (Å²) in [6.45, 7) is 10.3. The van der Waals surface area contributed by atoms with Gasteiger partial charge in [0.05, 0.1) is 0 Å². The number of likely N-dealkylation sites (tertiary alicyclic amines) is 1. The second-order valence-electron chi connectivity index (χ2n) is 7.67. The molecule has 2 aliphatic heterocycles. The summed E-state index contributed by atoms with van der Waals surface area (Å²) in [5.74, 6) is -0.474. The van der Waals surface area contributed by atoms with Crippen LogP contribution in [0.2, 0.25) is 0 Å². The molecule has 1 saturated heterocycles. The Morgan fingerprint density at radius 2 is 2.00 bits per heavy atom. The zero-order valence-electron chi connectivity index (χ0n) is 16.3. The van der Waals surface area contributed by atoms with Crippen LogP contribution in [0.25, 0.3) is 0 Å². The molecular weight excluding hydrogens is 335 g/mol. The first-order valence-electron chi connectivity index (χ1n) is 9.27. The zero-order valence-corrected chi connectivity index (χ0v) is 16.3. The average Bonchev–Trinajstić information content (AvgIpc) is 2.54. The minimum atomic E-state index is -0.682. The van der Waals surface area contributed by atoms with Crippen molar-refractivity contribution >= 4 is 17.7 Å². The summed E-state index contributed by atoms with van der Waals surface area (Å²) in [7, 11) is 0. The van der Waals surface area contributed by atoms with E-state index in [9.17, 15) is 14.0 Å². The van der Waals surface area contributed by atoms with Gasteiger partial charge in [0.1, 0.15) is 11.4 Å². The molecule has 26 heavy (non-hydrogen) atoms. The van der Waals surface area contributed by atoms with Crippen molar-refractivity contribution in [2.24, 2.45) is 0 Å². The van der Waals surface area contributed by atoms with Crippen LogP contribution in [-0.4, -0.2) is 35.6 Å². The third-order valence-corrected chi connectivity index (χ3v) is 4.55. The largest absolute Gasteiger partial charge is 0.444 e. The van der Waals surface area contributed by atoms with Gasteiger partial charge in [-0.15, -0.1) is 0 Å². The molecule has 0 radical (unpaired) electrons. The van der Waals surface area contributed by atoms with E-state index in [1.165, 1.54) is 6.07 Å². The SMILES string of the molecule is CC.CC(C)(C)OC(=O)N1CCCC2(CC(=O)Nc3cccc(F)c32)C1. The normalized spacial score (nSPS) is 22.1. The van der Waals surface area contributed by atoms with E-state index in [-0.39, 0.29) is 18.1 Å². The number of halogens is 1. The molecule has 6 heteroatoms. The van der Waals surface area contributed by atoms with Gasteiger partial charge in [0, 0.05) is 36.2 Å². The summed E-state index contributed by atoms with van der Waals surface area (Å²) in [5.41, 5.74) is -0.248. The minimum Gasteiger partial charge on any atom is -0.444 e. The summed E-state index contributed by atoms with van der Waals surface area (Å²) < 4.78 is 20.0. The van der Waals surface area contributed by atoms with Crippen LogP contribution in [0, 0.1) is 5.82 Å². The second kappa shape index (κ2) is 7.64. The highest BCUT2D eigenvalue weighted by Crippen LogP contribution is 2.45. The van der Waals surface area contributed by atoms with Crippen molar-refractivity contribution in [2.45, 2.75) is 64.9 Å². The Hall–Kier alpha value is -2.11. The number of anilines is 1. The van der Waals surface area contributed by atoms with Crippen LogP contribution in [0.3, 0.4) is 0 Å². The Kier molecular flexibility index (Phi) is 5.94. The number of rotatable bonds is 0. The van der Waals surface area contributed by atoms with Gasteiger partial charge in [-0.05, 0) is 45.7 Å². The number of carbonyl (C=O) groups excluding carboxylic acids is 2. The molecule has 0 aromatic heterocycles. The van der Waals surface area contributed by atoms with Gasteiger partial charge in [0.25, 0.3) is 0 Å². The lowest BCUT2D eigenvalue weighted by atomic mass is 9.69. The number of benzene rings is 1. The maximum Gasteiger partial charge on any atom is 0.410 e. The van der Waals surface area contributed by atoms with Crippen LogP contribution in [0.15, 0.2) is 18.2 Å². The zero-order chi connectivity index (χ0) is 19.5. The highest BCUT2D eigenvalue weighted by Gasteiger charge is 2.46. The molecular formula is C20H29FN2O3. The predicted octanol–water partition coefficient (Wildman–Crippen LogP) is 4.46. The van der Waals surface area contributed by atoms with E-state index in [4.69, 9.17) is 4.74 Å². The van der Waals surface area contributed by atoms with Gasteiger partial charge in [-0.25, -0.2) is 9.18 Å². The molecule has 2 amide bonds. The fraction of sp³-hybridized carbons (Fsp3) is 0.600. The molecule has 2 heterocycles. The number of carbonyl (C=O) groups is 2. The Morgan fingerprint density at radius 3 is 2.65 bits per heavy atom. The first-order chi connectivity index (χ1) is 12.2. The maximum absolute atomic E-state index is 14.5. The molecule has 144 valence electrons. The first kappa shape index (κ1) is 20.2. The number of ether oxygens (including phenoxy) is 1. The molecule has 2 aliphatic rings. The Balaban J connectivity index is 0.00000117. The van der Waals surface area contributed by atoms with Crippen molar-refractivity contribution in [3.05, 3.63) is 29.6 Å². The lowest BCUT2D eigenvalue weighted by molar-refractivity contribution is -0.118. The van der Waals surface area contributed by atoms with Crippen molar-refractivity contribution in [3.63, 3.8) is 0 Å². The highest BCUT2D eigenvalue weighted by molar-refractivity contribution is 5.95. The predicted molar refractivity (Wildman–Crippen MR) is 99.7 cm³/mol. The number of hydrogen-bond acceptors (Lipinski definition) is 3. The minimum absolute atomic E-state index is 0.140. The van der Waals surface area contributed by atoms with Gasteiger partial charge in [-0.3, -0.25) is 4.79 Å². The van der Waals surface area contributed by atoms with E-state index in [2.05, 4.69) is 5.32 Å². The standard InChI is InChI=1S/C18H23FN2O3.C2H6/c1-17(2,3)24-16(23)21-9-5-8-18(11-21)10-14(22)20-13-7-4-6-12(19)15(13)18;1-2/h4,6-7H,5,8-11H2,1-3H3,(H,20,22);1-2H3. The number of piperidine rings is 1. The van der Waals surface area contributed by atoms with E-state index in [1.807, 2.05) is 34.6 Å². The molecule has 3 rings (SSSR count). The van der Waals surface area contributed by atoms with Crippen molar-refractivity contribution in [3.8, 4) is 0 Å². The Morgan fingerprint density at radius 1 is 1.31 bits per heavy atom. The summed E-state index contributed by atoms with van der Waals surface area (Å²) in [4.78, 5) is 26.2. The molecule has 0 aliphatic carbocycles. The van der Waals surface area contributed by atoms with Gasteiger partial charge in [-0.1, -0.05) is 19.9 Å². The van der Waals surface area contributed by atoms with Crippen molar-refractivity contribution < 1.29 is 18.7 Å². The highest BCUT2D eigenvalue weighted by atomic mass is 19.1. The number of hydrogen-bond donors (Lipinski definition) is 1. The van der Waals surface area contributed by atoms with Crippen LogP contribution in [0.5, 0.6) is 0 Å². The van der Waals surface area contributed by atoms with Gasteiger partial charge < -0.3 is 15.0 Å². The lowest BCUT2D eigenvalue weighted by Crippen LogP contribution is -2.53. The summed E-state index contributed by atoms with van der Waals surface area (Å²) in [5, 5.41) is 2.74. The van der Waals surface area contributed by atoms with E-state index in [0.29, 0.717) is 37.2 Å². The number of nitrogens with one attached hydrogen (secondary N) is 1. The second-order valence-corrected chi connectivity index (χ2v) is 7.67. The summed E-state index contributed by atoms with van der Waals surface area (Å²) in [6, 6.07) is 4.70. The molecule has 0 bridgehead atoms. The number of amides is 2. The Bertz CT molecular complexity index is 684. The monoisotopic (exact) mass is 364 g/mol. The van der Waals surface area contributed by atoms with Crippen LogP contribution < -0.4 is 5.32 Å². The van der Waals surface area contributed by atoms with Crippen LogP contribution in [0.1, 0.15) is 59.4 Å². The van der Waals surface area contributed by atoms with Crippen LogP contribution >= 0.6 is 0 Å². The lowest BCUT2D eigenvalue weighted by Gasteiger charge is -2.45.